The summed E-state index contributed by atoms with van der Waals surface area (Å²) in [6, 6.07) is 7.85. The summed E-state index contributed by atoms with van der Waals surface area (Å²) in [5, 5.41) is 0. The minimum atomic E-state index is -4.35. The Morgan fingerprint density at radius 2 is 1.75 bits per heavy atom. The van der Waals surface area contributed by atoms with Crippen LogP contribution in [0.1, 0.15) is 16.8 Å². The topological polar surface area (TPSA) is 22.1 Å². The van der Waals surface area contributed by atoms with Gasteiger partial charge in [0, 0.05) is 17.6 Å². The summed E-state index contributed by atoms with van der Waals surface area (Å²) in [6.07, 6.45) is -4.35. The van der Waals surface area contributed by atoms with Gasteiger partial charge in [-0.2, -0.15) is 13.2 Å². The van der Waals surface area contributed by atoms with Crippen molar-refractivity contribution in [3.63, 3.8) is 0 Å². The van der Waals surface area contributed by atoms with Gasteiger partial charge in [-0.05, 0) is 36.8 Å². The standard InChI is InChI=1S/C14H11ClF3NO/c1-9-10(8-15)2-7-13(19-9)20-12-5-3-11(4-6-12)14(16,17)18/h2-7H,8H2,1H3. The largest absolute Gasteiger partial charge is 0.439 e. The lowest BCUT2D eigenvalue weighted by atomic mass is 10.2. The molecule has 1 aromatic heterocycles. The third-order valence-electron chi connectivity index (χ3n) is 2.72. The van der Waals surface area contributed by atoms with E-state index in [0.29, 0.717) is 17.5 Å². The Bertz CT molecular complexity index is 596. The molecule has 6 heteroatoms. The Morgan fingerprint density at radius 1 is 1.10 bits per heavy atom. The Labute approximate surface area is 119 Å². The maximum Gasteiger partial charge on any atom is 0.416 e. The molecule has 0 N–H and O–H groups in total. The minimum absolute atomic E-state index is 0.295. The molecule has 0 aliphatic rings. The van der Waals surface area contributed by atoms with E-state index in [1.54, 1.807) is 19.1 Å². The highest BCUT2D eigenvalue weighted by Gasteiger charge is 2.30. The lowest BCUT2D eigenvalue weighted by Crippen LogP contribution is -2.04. The van der Waals surface area contributed by atoms with E-state index in [4.69, 9.17) is 16.3 Å². The fourth-order valence-electron chi connectivity index (χ4n) is 1.60. The number of nitrogens with zero attached hydrogens (tertiary/aromatic N) is 1. The first-order valence-corrected chi connectivity index (χ1v) is 6.31. The van der Waals surface area contributed by atoms with Crippen LogP contribution in [0.15, 0.2) is 36.4 Å². The van der Waals surface area contributed by atoms with Crippen LogP contribution < -0.4 is 4.74 Å². The van der Waals surface area contributed by atoms with Crippen molar-refractivity contribution in [3.05, 3.63) is 53.2 Å². The maximum atomic E-state index is 12.4. The summed E-state index contributed by atoms with van der Waals surface area (Å²) in [5.74, 6) is 0.957. The number of hydrogen-bond donors (Lipinski definition) is 0. The van der Waals surface area contributed by atoms with Gasteiger partial charge in [-0.15, -0.1) is 11.6 Å². The monoisotopic (exact) mass is 301 g/mol. The fraction of sp³-hybridized carbons (Fsp3) is 0.214. The summed E-state index contributed by atoms with van der Waals surface area (Å²) in [7, 11) is 0. The lowest BCUT2D eigenvalue weighted by molar-refractivity contribution is -0.137. The van der Waals surface area contributed by atoms with Crippen molar-refractivity contribution in [2.24, 2.45) is 0 Å². The number of pyridine rings is 1. The van der Waals surface area contributed by atoms with Crippen LogP contribution in [-0.2, 0) is 12.1 Å². The van der Waals surface area contributed by atoms with Crippen molar-refractivity contribution in [2.75, 3.05) is 0 Å². The second kappa shape index (κ2) is 5.71. The number of rotatable bonds is 3. The highest BCUT2D eigenvalue weighted by molar-refractivity contribution is 6.17. The maximum absolute atomic E-state index is 12.4. The molecular formula is C14H11ClF3NO. The summed E-state index contributed by atoms with van der Waals surface area (Å²) < 4.78 is 42.7. The average molecular weight is 302 g/mol. The third kappa shape index (κ3) is 3.42. The van der Waals surface area contributed by atoms with Crippen LogP contribution in [0.2, 0.25) is 0 Å². The van der Waals surface area contributed by atoms with Gasteiger partial charge in [0.1, 0.15) is 5.75 Å². The molecule has 0 saturated heterocycles. The average Bonchev–Trinajstić information content (AvgIpc) is 2.38. The summed E-state index contributed by atoms with van der Waals surface area (Å²) >= 11 is 5.72. The molecule has 106 valence electrons. The summed E-state index contributed by atoms with van der Waals surface area (Å²) in [6.45, 7) is 1.79. The molecule has 0 amide bonds. The van der Waals surface area contributed by atoms with Gasteiger partial charge in [0.15, 0.2) is 0 Å². The minimum Gasteiger partial charge on any atom is -0.439 e. The molecule has 0 aliphatic carbocycles. The van der Waals surface area contributed by atoms with E-state index in [1.165, 1.54) is 12.1 Å². The molecule has 0 aliphatic heterocycles. The van der Waals surface area contributed by atoms with Crippen molar-refractivity contribution in [1.82, 2.24) is 4.98 Å². The first kappa shape index (κ1) is 14.7. The summed E-state index contributed by atoms with van der Waals surface area (Å²) in [4.78, 5) is 4.18. The molecule has 0 atom stereocenters. The number of ether oxygens (including phenoxy) is 1. The van der Waals surface area contributed by atoms with Gasteiger partial charge in [0.05, 0.1) is 5.56 Å². The van der Waals surface area contributed by atoms with Crippen LogP contribution in [0.3, 0.4) is 0 Å². The van der Waals surface area contributed by atoms with Crippen molar-refractivity contribution < 1.29 is 17.9 Å². The molecule has 1 aromatic carbocycles. The van der Waals surface area contributed by atoms with E-state index < -0.39 is 11.7 Å². The Morgan fingerprint density at radius 3 is 2.25 bits per heavy atom. The third-order valence-corrected chi connectivity index (χ3v) is 3.01. The van der Waals surface area contributed by atoms with Crippen molar-refractivity contribution >= 4 is 11.6 Å². The SMILES string of the molecule is Cc1nc(Oc2ccc(C(F)(F)F)cc2)ccc1CCl. The van der Waals surface area contributed by atoms with Gasteiger partial charge >= 0.3 is 6.18 Å². The Balaban J connectivity index is 2.16. The molecule has 2 nitrogen and oxygen atoms in total. The number of aryl methyl sites for hydroxylation is 1. The second-order valence-corrected chi connectivity index (χ2v) is 4.42. The van der Waals surface area contributed by atoms with Crippen molar-refractivity contribution in [3.8, 4) is 11.6 Å². The van der Waals surface area contributed by atoms with E-state index in [9.17, 15) is 13.2 Å². The molecule has 20 heavy (non-hydrogen) atoms. The highest BCUT2D eigenvalue weighted by Crippen LogP contribution is 2.31. The number of alkyl halides is 4. The molecule has 1 heterocycles. The van der Waals surface area contributed by atoms with Gasteiger partial charge in [-0.25, -0.2) is 4.98 Å². The van der Waals surface area contributed by atoms with Crippen LogP contribution in [0.25, 0.3) is 0 Å². The highest BCUT2D eigenvalue weighted by atomic mass is 35.5. The molecule has 0 spiro atoms. The van der Waals surface area contributed by atoms with E-state index in [2.05, 4.69) is 4.98 Å². The van der Waals surface area contributed by atoms with E-state index in [-0.39, 0.29) is 0 Å². The predicted octanol–water partition coefficient (Wildman–Crippen LogP) is 4.94. The van der Waals surface area contributed by atoms with Crippen LogP contribution >= 0.6 is 11.6 Å². The van der Waals surface area contributed by atoms with Crippen molar-refractivity contribution in [2.45, 2.75) is 19.0 Å². The predicted molar refractivity (Wildman–Crippen MR) is 70.0 cm³/mol. The molecule has 0 saturated carbocycles. The molecule has 2 rings (SSSR count). The number of hydrogen-bond acceptors (Lipinski definition) is 2. The smallest absolute Gasteiger partial charge is 0.416 e. The summed E-state index contributed by atoms with van der Waals surface area (Å²) in [5.41, 5.74) is 0.891. The van der Waals surface area contributed by atoms with Gasteiger partial charge in [-0.3, -0.25) is 0 Å². The quantitative estimate of drug-likeness (QED) is 0.749. The molecule has 0 unspecified atom stereocenters. The molecule has 0 radical (unpaired) electrons. The zero-order valence-electron chi connectivity index (χ0n) is 10.5. The van der Waals surface area contributed by atoms with Crippen molar-refractivity contribution in [1.29, 1.82) is 0 Å². The number of halogens is 4. The zero-order valence-corrected chi connectivity index (χ0v) is 11.3. The number of benzene rings is 1. The van der Waals surface area contributed by atoms with E-state index >= 15 is 0 Å². The van der Waals surface area contributed by atoms with E-state index in [1.807, 2.05) is 0 Å². The first-order chi connectivity index (χ1) is 9.40. The van der Waals surface area contributed by atoms with Crippen LogP contribution in [0.5, 0.6) is 11.6 Å². The second-order valence-electron chi connectivity index (χ2n) is 4.15. The van der Waals surface area contributed by atoms with Crippen LogP contribution in [-0.4, -0.2) is 4.98 Å². The Kier molecular flexibility index (Phi) is 4.18. The van der Waals surface area contributed by atoms with E-state index in [0.717, 1.165) is 23.4 Å². The first-order valence-electron chi connectivity index (χ1n) is 5.78. The van der Waals surface area contributed by atoms with Crippen LogP contribution in [0, 0.1) is 6.92 Å². The number of aromatic nitrogens is 1. The van der Waals surface area contributed by atoms with Gasteiger partial charge < -0.3 is 4.74 Å². The zero-order chi connectivity index (χ0) is 14.8. The van der Waals surface area contributed by atoms with Gasteiger partial charge in [0.25, 0.3) is 0 Å². The molecule has 2 aromatic rings. The molecule has 0 bridgehead atoms. The Hall–Kier alpha value is -1.75. The molecule has 0 fully saturated rings. The fourth-order valence-corrected chi connectivity index (χ4v) is 1.88. The molecular weight excluding hydrogens is 291 g/mol. The van der Waals surface area contributed by atoms with Crippen LogP contribution in [0.4, 0.5) is 13.2 Å². The van der Waals surface area contributed by atoms with Gasteiger partial charge in [-0.1, -0.05) is 6.07 Å². The lowest BCUT2D eigenvalue weighted by Gasteiger charge is -2.09. The van der Waals surface area contributed by atoms with Gasteiger partial charge in [0.2, 0.25) is 5.88 Å². The normalized spacial score (nSPS) is 11.4.